The van der Waals surface area contributed by atoms with Gasteiger partial charge in [0.1, 0.15) is 0 Å². The fourth-order valence-electron chi connectivity index (χ4n) is 2.86. The maximum Gasteiger partial charge on any atom is 0.0854 e. The molecule has 1 N–H and O–H groups in total. The minimum Gasteiger partial charge on any atom is -0.386 e. The smallest absolute Gasteiger partial charge is 0.0854 e. The van der Waals surface area contributed by atoms with Crippen molar-refractivity contribution in [2.45, 2.75) is 90.1 Å². The second kappa shape index (κ2) is 7.92. The summed E-state index contributed by atoms with van der Waals surface area (Å²) in [6, 6.07) is 0. The molecule has 1 aliphatic carbocycles. The molecule has 0 aromatic rings. The van der Waals surface area contributed by atoms with E-state index in [-0.39, 0.29) is 0 Å². The molecule has 1 aliphatic rings. The molecule has 1 saturated carbocycles. The van der Waals surface area contributed by atoms with Crippen LogP contribution in [-0.2, 0) is 0 Å². The maximum atomic E-state index is 10.8. The molecule has 0 spiro atoms. The standard InChI is InChI=1S/C16H30O/c1-3-15(2)16(17)13-11-9-7-5-4-6-8-10-12-14-16/h3,17H,4-14H2,1-2H3. The number of rotatable bonds is 1. The number of hydrogen-bond donors (Lipinski definition) is 1. The summed E-state index contributed by atoms with van der Waals surface area (Å²) in [7, 11) is 0. The van der Waals surface area contributed by atoms with Crippen molar-refractivity contribution in [3.8, 4) is 0 Å². The molecule has 1 rings (SSSR count). The molecule has 0 saturated heterocycles. The Balaban J connectivity index is 2.53. The summed E-state index contributed by atoms with van der Waals surface area (Å²) in [5.74, 6) is 0. The summed E-state index contributed by atoms with van der Waals surface area (Å²) in [4.78, 5) is 0. The Morgan fingerprint density at radius 1 is 0.824 bits per heavy atom. The van der Waals surface area contributed by atoms with Crippen LogP contribution in [-0.4, -0.2) is 10.7 Å². The van der Waals surface area contributed by atoms with Crippen molar-refractivity contribution in [1.29, 1.82) is 0 Å². The molecule has 0 aliphatic heterocycles. The summed E-state index contributed by atoms with van der Waals surface area (Å²) < 4.78 is 0. The first kappa shape index (κ1) is 14.8. The van der Waals surface area contributed by atoms with Crippen molar-refractivity contribution < 1.29 is 5.11 Å². The van der Waals surface area contributed by atoms with Crippen LogP contribution >= 0.6 is 0 Å². The van der Waals surface area contributed by atoms with Crippen LogP contribution in [0.2, 0.25) is 0 Å². The lowest BCUT2D eigenvalue weighted by molar-refractivity contribution is 0.0537. The molecule has 0 heterocycles. The molecule has 0 bridgehead atoms. The summed E-state index contributed by atoms with van der Waals surface area (Å²) in [6.07, 6.45) is 15.9. The number of hydrogen-bond acceptors (Lipinski definition) is 1. The van der Waals surface area contributed by atoms with Crippen LogP contribution in [0.5, 0.6) is 0 Å². The molecule has 0 unspecified atom stereocenters. The molecule has 17 heavy (non-hydrogen) atoms. The van der Waals surface area contributed by atoms with Crippen LogP contribution in [0, 0.1) is 0 Å². The average molecular weight is 238 g/mol. The van der Waals surface area contributed by atoms with Gasteiger partial charge in [-0.2, -0.15) is 0 Å². The van der Waals surface area contributed by atoms with Crippen LogP contribution in [0.4, 0.5) is 0 Å². The summed E-state index contributed by atoms with van der Waals surface area (Å²) in [5, 5.41) is 10.8. The van der Waals surface area contributed by atoms with Gasteiger partial charge in [0, 0.05) is 0 Å². The molecule has 1 fully saturated rings. The van der Waals surface area contributed by atoms with Crippen LogP contribution in [0.15, 0.2) is 11.6 Å². The molecular formula is C16H30O. The molecule has 0 aromatic heterocycles. The third-order valence-electron chi connectivity index (χ3n) is 4.35. The molecule has 100 valence electrons. The highest BCUT2D eigenvalue weighted by Crippen LogP contribution is 2.30. The van der Waals surface area contributed by atoms with Crippen LogP contribution in [0.3, 0.4) is 0 Å². The largest absolute Gasteiger partial charge is 0.386 e. The van der Waals surface area contributed by atoms with Crippen molar-refractivity contribution in [2.24, 2.45) is 0 Å². The fraction of sp³-hybridized carbons (Fsp3) is 0.875. The predicted molar refractivity (Wildman–Crippen MR) is 75.2 cm³/mol. The fourth-order valence-corrected chi connectivity index (χ4v) is 2.86. The van der Waals surface area contributed by atoms with E-state index in [9.17, 15) is 5.11 Å². The van der Waals surface area contributed by atoms with Gasteiger partial charge in [-0.3, -0.25) is 0 Å². The van der Waals surface area contributed by atoms with Gasteiger partial charge in [0.15, 0.2) is 0 Å². The molecular weight excluding hydrogens is 208 g/mol. The first-order chi connectivity index (χ1) is 8.19. The van der Waals surface area contributed by atoms with Crippen molar-refractivity contribution in [3.63, 3.8) is 0 Å². The topological polar surface area (TPSA) is 20.2 Å². The van der Waals surface area contributed by atoms with Crippen molar-refractivity contribution in [2.75, 3.05) is 0 Å². The molecule has 1 nitrogen and oxygen atoms in total. The van der Waals surface area contributed by atoms with E-state index >= 15 is 0 Å². The molecule has 0 radical (unpaired) electrons. The first-order valence-electron chi connectivity index (χ1n) is 7.55. The van der Waals surface area contributed by atoms with E-state index in [4.69, 9.17) is 0 Å². The van der Waals surface area contributed by atoms with E-state index in [0.717, 1.165) is 12.8 Å². The van der Waals surface area contributed by atoms with Gasteiger partial charge in [-0.15, -0.1) is 0 Å². The van der Waals surface area contributed by atoms with Crippen LogP contribution in [0.1, 0.15) is 84.5 Å². The van der Waals surface area contributed by atoms with Gasteiger partial charge in [-0.05, 0) is 32.3 Å². The van der Waals surface area contributed by atoms with E-state index in [2.05, 4.69) is 13.0 Å². The lowest BCUT2D eigenvalue weighted by Crippen LogP contribution is -2.30. The summed E-state index contributed by atoms with van der Waals surface area (Å²) in [5.41, 5.74) is 0.670. The van der Waals surface area contributed by atoms with Crippen molar-refractivity contribution >= 4 is 0 Å². The third kappa shape index (κ3) is 5.25. The minimum absolute atomic E-state index is 0.506. The van der Waals surface area contributed by atoms with E-state index in [1.54, 1.807) is 0 Å². The van der Waals surface area contributed by atoms with Crippen molar-refractivity contribution in [1.82, 2.24) is 0 Å². The van der Waals surface area contributed by atoms with Gasteiger partial charge in [0.05, 0.1) is 5.60 Å². The highest BCUT2D eigenvalue weighted by atomic mass is 16.3. The quantitative estimate of drug-likeness (QED) is 0.638. The SMILES string of the molecule is CC=C(C)C1(O)CCCCCCCCCCC1. The number of allylic oxidation sites excluding steroid dienone is 1. The molecule has 0 atom stereocenters. The van der Waals surface area contributed by atoms with E-state index in [1.807, 2.05) is 6.92 Å². The van der Waals surface area contributed by atoms with Gasteiger partial charge in [-0.25, -0.2) is 0 Å². The number of aliphatic hydroxyl groups is 1. The predicted octanol–water partition coefficient (Wildman–Crippen LogP) is 4.99. The first-order valence-corrected chi connectivity index (χ1v) is 7.55. The van der Waals surface area contributed by atoms with Gasteiger partial charge >= 0.3 is 0 Å². The van der Waals surface area contributed by atoms with E-state index in [1.165, 1.54) is 63.4 Å². The third-order valence-corrected chi connectivity index (χ3v) is 4.35. The normalized spacial score (nSPS) is 24.8. The Labute approximate surface area is 107 Å². The average Bonchev–Trinajstić information content (AvgIpc) is 2.32. The zero-order valence-corrected chi connectivity index (χ0v) is 11.8. The summed E-state index contributed by atoms with van der Waals surface area (Å²) in [6.45, 7) is 4.13. The summed E-state index contributed by atoms with van der Waals surface area (Å²) >= 11 is 0. The van der Waals surface area contributed by atoms with Crippen LogP contribution < -0.4 is 0 Å². The molecule has 0 amide bonds. The second-order valence-corrected chi connectivity index (χ2v) is 5.69. The van der Waals surface area contributed by atoms with Crippen molar-refractivity contribution in [3.05, 3.63) is 11.6 Å². The van der Waals surface area contributed by atoms with Gasteiger partial charge in [0.25, 0.3) is 0 Å². The molecule has 0 aromatic carbocycles. The van der Waals surface area contributed by atoms with E-state index < -0.39 is 5.60 Å². The maximum absolute atomic E-state index is 10.8. The Hall–Kier alpha value is -0.300. The van der Waals surface area contributed by atoms with Gasteiger partial charge < -0.3 is 5.11 Å². The highest BCUT2D eigenvalue weighted by Gasteiger charge is 2.27. The zero-order chi connectivity index (χ0) is 12.6. The molecule has 1 heteroatoms. The lowest BCUT2D eigenvalue weighted by atomic mass is 9.83. The van der Waals surface area contributed by atoms with Crippen LogP contribution in [0.25, 0.3) is 0 Å². The zero-order valence-electron chi connectivity index (χ0n) is 11.8. The monoisotopic (exact) mass is 238 g/mol. The Morgan fingerprint density at radius 3 is 1.53 bits per heavy atom. The Morgan fingerprint density at radius 2 is 1.18 bits per heavy atom. The minimum atomic E-state index is -0.506. The Kier molecular flexibility index (Phi) is 6.87. The highest BCUT2D eigenvalue weighted by molar-refractivity contribution is 5.12. The van der Waals surface area contributed by atoms with E-state index in [0.29, 0.717) is 0 Å². The lowest BCUT2D eigenvalue weighted by Gasteiger charge is -2.30. The van der Waals surface area contributed by atoms with Gasteiger partial charge in [-0.1, -0.05) is 63.9 Å². The van der Waals surface area contributed by atoms with Gasteiger partial charge in [0.2, 0.25) is 0 Å². The second-order valence-electron chi connectivity index (χ2n) is 5.69. The Bertz CT molecular complexity index is 218.